The average molecular weight is 303 g/mol. The molecule has 110 valence electrons. The van der Waals surface area contributed by atoms with Crippen molar-refractivity contribution < 1.29 is 4.79 Å². The molecule has 0 bridgehead atoms. The molecule has 4 heteroatoms. The molecule has 2 aromatic rings. The molecule has 0 heterocycles. The van der Waals surface area contributed by atoms with E-state index < -0.39 is 0 Å². The van der Waals surface area contributed by atoms with Crippen LogP contribution >= 0.6 is 11.6 Å². The number of amides is 1. The van der Waals surface area contributed by atoms with Gasteiger partial charge < -0.3 is 10.6 Å². The molecule has 0 aliphatic heterocycles. The minimum atomic E-state index is -0.0852. The van der Waals surface area contributed by atoms with Crippen LogP contribution in [-0.2, 0) is 6.54 Å². The fraction of sp³-hybridized carbons (Fsp3) is 0.235. The summed E-state index contributed by atoms with van der Waals surface area (Å²) in [6.45, 7) is 3.30. The second-order valence-corrected chi connectivity index (χ2v) is 5.30. The Kier molecular flexibility index (Phi) is 5.23. The van der Waals surface area contributed by atoms with E-state index in [9.17, 15) is 4.79 Å². The highest BCUT2D eigenvalue weighted by molar-refractivity contribution is 6.36. The highest BCUT2D eigenvalue weighted by atomic mass is 35.5. The number of anilines is 1. The van der Waals surface area contributed by atoms with Crippen molar-refractivity contribution in [3.8, 4) is 0 Å². The summed E-state index contributed by atoms with van der Waals surface area (Å²) in [5.41, 5.74) is 7.77. The number of rotatable bonds is 5. The Labute approximate surface area is 130 Å². The van der Waals surface area contributed by atoms with Crippen molar-refractivity contribution in [3.63, 3.8) is 0 Å². The Balaban J connectivity index is 2.25. The van der Waals surface area contributed by atoms with E-state index in [1.165, 1.54) is 0 Å². The summed E-state index contributed by atoms with van der Waals surface area (Å²) >= 11 is 6.16. The van der Waals surface area contributed by atoms with Crippen molar-refractivity contribution in [1.29, 1.82) is 0 Å². The van der Waals surface area contributed by atoms with E-state index in [4.69, 9.17) is 17.3 Å². The minimum Gasteiger partial charge on any atom is -0.398 e. The molecule has 2 N–H and O–H groups in total. The third-order valence-corrected chi connectivity index (χ3v) is 3.68. The van der Waals surface area contributed by atoms with Gasteiger partial charge in [0.2, 0.25) is 0 Å². The molecule has 2 rings (SSSR count). The number of carbonyl (C=O) groups is 1. The summed E-state index contributed by atoms with van der Waals surface area (Å²) in [7, 11) is 0. The van der Waals surface area contributed by atoms with Crippen molar-refractivity contribution >= 4 is 23.2 Å². The summed E-state index contributed by atoms with van der Waals surface area (Å²) < 4.78 is 0. The third-order valence-electron chi connectivity index (χ3n) is 3.26. The first kappa shape index (κ1) is 15.4. The van der Waals surface area contributed by atoms with Gasteiger partial charge in [-0.05, 0) is 24.1 Å². The molecule has 0 aliphatic carbocycles. The van der Waals surface area contributed by atoms with Gasteiger partial charge in [-0.1, -0.05) is 54.9 Å². The maximum absolute atomic E-state index is 12.7. The van der Waals surface area contributed by atoms with Crippen LogP contribution in [-0.4, -0.2) is 17.4 Å². The Morgan fingerprint density at radius 3 is 2.52 bits per heavy atom. The fourth-order valence-corrected chi connectivity index (χ4v) is 2.42. The van der Waals surface area contributed by atoms with Gasteiger partial charge in [0, 0.05) is 13.1 Å². The zero-order valence-corrected chi connectivity index (χ0v) is 12.8. The van der Waals surface area contributed by atoms with E-state index in [1.807, 2.05) is 37.3 Å². The number of hydrogen-bond donors (Lipinski definition) is 1. The molecule has 0 radical (unpaired) electrons. The predicted molar refractivity (Wildman–Crippen MR) is 87.3 cm³/mol. The van der Waals surface area contributed by atoms with Crippen LogP contribution in [0.4, 0.5) is 5.69 Å². The summed E-state index contributed by atoms with van der Waals surface area (Å²) in [6, 6.07) is 15.1. The Morgan fingerprint density at radius 2 is 1.86 bits per heavy atom. The Morgan fingerprint density at radius 1 is 1.14 bits per heavy atom. The topological polar surface area (TPSA) is 46.3 Å². The van der Waals surface area contributed by atoms with E-state index in [1.54, 1.807) is 23.1 Å². The number of carbonyl (C=O) groups excluding carboxylic acids is 1. The molecule has 0 saturated heterocycles. The molecule has 0 unspecified atom stereocenters. The molecule has 21 heavy (non-hydrogen) atoms. The molecule has 0 aliphatic rings. The first-order chi connectivity index (χ1) is 10.1. The molecule has 0 aromatic heterocycles. The first-order valence-corrected chi connectivity index (χ1v) is 7.38. The highest BCUT2D eigenvalue weighted by Gasteiger charge is 2.19. The van der Waals surface area contributed by atoms with Gasteiger partial charge in [0.15, 0.2) is 0 Å². The lowest BCUT2D eigenvalue weighted by Gasteiger charge is -2.23. The number of nitrogen functional groups attached to an aromatic ring is 1. The van der Waals surface area contributed by atoms with Crippen LogP contribution in [0.15, 0.2) is 48.5 Å². The normalized spacial score (nSPS) is 10.4. The summed E-state index contributed by atoms with van der Waals surface area (Å²) in [4.78, 5) is 14.5. The van der Waals surface area contributed by atoms with Gasteiger partial charge in [0.25, 0.3) is 5.91 Å². The smallest absolute Gasteiger partial charge is 0.255 e. The van der Waals surface area contributed by atoms with Gasteiger partial charge in [0.05, 0.1) is 16.3 Å². The molecule has 2 aromatic carbocycles. The van der Waals surface area contributed by atoms with Gasteiger partial charge in [-0.2, -0.15) is 0 Å². The molecular weight excluding hydrogens is 284 g/mol. The van der Waals surface area contributed by atoms with E-state index in [-0.39, 0.29) is 5.91 Å². The summed E-state index contributed by atoms with van der Waals surface area (Å²) in [5, 5.41) is 0.330. The molecule has 0 atom stereocenters. The van der Waals surface area contributed by atoms with E-state index in [0.29, 0.717) is 29.4 Å². The fourth-order valence-electron chi connectivity index (χ4n) is 2.21. The summed E-state index contributed by atoms with van der Waals surface area (Å²) in [5.74, 6) is -0.0852. The van der Waals surface area contributed by atoms with Gasteiger partial charge in [-0.3, -0.25) is 4.79 Å². The van der Waals surface area contributed by atoms with Gasteiger partial charge in [0.1, 0.15) is 0 Å². The zero-order valence-electron chi connectivity index (χ0n) is 12.1. The van der Waals surface area contributed by atoms with E-state index >= 15 is 0 Å². The van der Waals surface area contributed by atoms with Gasteiger partial charge in [-0.25, -0.2) is 0 Å². The van der Waals surface area contributed by atoms with Crippen molar-refractivity contribution in [3.05, 3.63) is 64.7 Å². The molecule has 0 fully saturated rings. The second-order valence-electron chi connectivity index (χ2n) is 4.92. The van der Waals surface area contributed by atoms with Gasteiger partial charge in [-0.15, -0.1) is 0 Å². The largest absolute Gasteiger partial charge is 0.398 e. The van der Waals surface area contributed by atoms with Crippen molar-refractivity contribution in [2.75, 3.05) is 12.3 Å². The van der Waals surface area contributed by atoms with Crippen LogP contribution in [0.25, 0.3) is 0 Å². The van der Waals surface area contributed by atoms with E-state index in [0.717, 1.165) is 12.0 Å². The number of nitrogens with two attached hydrogens (primary N) is 1. The van der Waals surface area contributed by atoms with Crippen LogP contribution in [0.2, 0.25) is 5.02 Å². The highest BCUT2D eigenvalue weighted by Crippen LogP contribution is 2.25. The molecule has 0 spiro atoms. The van der Waals surface area contributed by atoms with Crippen LogP contribution in [0.1, 0.15) is 29.3 Å². The molecule has 0 saturated carbocycles. The maximum Gasteiger partial charge on any atom is 0.255 e. The lowest BCUT2D eigenvalue weighted by atomic mass is 10.1. The average Bonchev–Trinajstić information content (AvgIpc) is 2.50. The third kappa shape index (κ3) is 3.76. The SMILES string of the molecule is CCCN(Cc1ccccc1)C(=O)c1cccc(N)c1Cl. The van der Waals surface area contributed by atoms with Crippen LogP contribution < -0.4 is 5.73 Å². The Hall–Kier alpha value is -2.00. The lowest BCUT2D eigenvalue weighted by molar-refractivity contribution is 0.0743. The quantitative estimate of drug-likeness (QED) is 0.849. The van der Waals surface area contributed by atoms with Gasteiger partial charge >= 0.3 is 0 Å². The zero-order chi connectivity index (χ0) is 15.2. The predicted octanol–water partition coefficient (Wildman–Crippen LogP) is 3.97. The van der Waals surface area contributed by atoms with Crippen LogP contribution in [0, 0.1) is 0 Å². The van der Waals surface area contributed by atoms with Crippen molar-refractivity contribution in [2.24, 2.45) is 0 Å². The molecule has 3 nitrogen and oxygen atoms in total. The Bertz CT molecular complexity index is 613. The lowest BCUT2D eigenvalue weighted by Crippen LogP contribution is -2.31. The number of halogens is 1. The standard InChI is InChI=1S/C17H19ClN2O/c1-2-11-20(12-13-7-4-3-5-8-13)17(21)14-9-6-10-15(19)16(14)18/h3-10H,2,11-12,19H2,1H3. The second kappa shape index (κ2) is 7.14. The number of nitrogens with zero attached hydrogens (tertiary/aromatic N) is 1. The minimum absolute atomic E-state index is 0.0852. The first-order valence-electron chi connectivity index (χ1n) is 7.00. The monoisotopic (exact) mass is 302 g/mol. The molecular formula is C17H19ClN2O. The summed E-state index contributed by atoms with van der Waals surface area (Å²) in [6.07, 6.45) is 0.887. The molecule has 1 amide bonds. The maximum atomic E-state index is 12.7. The van der Waals surface area contributed by atoms with Crippen LogP contribution in [0.5, 0.6) is 0 Å². The van der Waals surface area contributed by atoms with Crippen molar-refractivity contribution in [2.45, 2.75) is 19.9 Å². The van der Waals surface area contributed by atoms with Crippen LogP contribution in [0.3, 0.4) is 0 Å². The van der Waals surface area contributed by atoms with Crippen molar-refractivity contribution in [1.82, 2.24) is 4.90 Å². The number of hydrogen-bond acceptors (Lipinski definition) is 2. The number of benzene rings is 2. The van der Waals surface area contributed by atoms with E-state index in [2.05, 4.69) is 0 Å².